The highest BCUT2D eigenvalue weighted by Crippen LogP contribution is 2.12. The van der Waals surface area contributed by atoms with E-state index in [9.17, 15) is 0 Å². The van der Waals surface area contributed by atoms with Crippen molar-refractivity contribution >= 4 is 0 Å². The van der Waals surface area contributed by atoms with Crippen LogP contribution in [0.5, 0.6) is 0 Å². The molecule has 1 unspecified atom stereocenters. The summed E-state index contributed by atoms with van der Waals surface area (Å²) in [5.41, 5.74) is 2.55. The number of hydrogen-bond donors (Lipinski definition) is 1. The van der Waals surface area contributed by atoms with Crippen molar-refractivity contribution in [1.29, 1.82) is 0 Å². The van der Waals surface area contributed by atoms with Crippen LogP contribution >= 0.6 is 0 Å². The van der Waals surface area contributed by atoms with Gasteiger partial charge in [0.1, 0.15) is 0 Å². The van der Waals surface area contributed by atoms with E-state index in [1.165, 1.54) is 30.5 Å². The van der Waals surface area contributed by atoms with Crippen LogP contribution in [0.2, 0.25) is 0 Å². The zero-order valence-electron chi connectivity index (χ0n) is 9.53. The molecule has 0 saturated carbocycles. The number of rotatable bonds is 3. The Balaban J connectivity index is 1.90. The molecule has 1 N–H and O–H groups in total. The molecule has 3 heteroatoms. The lowest BCUT2D eigenvalue weighted by Gasteiger charge is -2.17. The van der Waals surface area contributed by atoms with Gasteiger partial charge in [0.15, 0.2) is 0 Å². The molecule has 0 amide bonds. The smallest absolute Gasteiger partial charge is 0.0537 e. The van der Waals surface area contributed by atoms with Gasteiger partial charge in [-0.05, 0) is 26.2 Å². The quantitative estimate of drug-likeness (QED) is 0.764. The second-order valence-electron chi connectivity index (χ2n) is 4.23. The van der Waals surface area contributed by atoms with Crippen LogP contribution in [0.15, 0.2) is 18.3 Å². The molecule has 3 nitrogen and oxygen atoms in total. The van der Waals surface area contributed by atoms with Gasteiger partial charge >= 0.3 is 0 Å². The average Bonchev–Trinajstić information content (AvgIpc) is 2.59. The van der Waals surface area contributed by atoms with Crippen molar-refractivity contribution in [2.75, 3.05) is 0 Å². The summed E-state index contributed by atoms with van der Waals surface area (Å²) in [6.45, 7) is 3.04. The Morgan fingerprint density at radius 1 is 1.60 bits per heavy atom. The van der Waals surface area contributed by atoms with E-state index in [4.69, 9.17) is 0 Å². The van der Waals surface area contributed by atoms with E-state index in [-0.39, 0.29) is 0 Å². The molecule has 0 bridgehead atoms. The molecule has 1 atom stereocenters. The number of hydrogen-bond acceptors (Lipinski definition) is 2. The van der Waals surface area contributed by atoms with Gasteiger partial charge in [0.2, 0.25) is 0 Å². The summed E-state index contributed by atoms with van der Waals surface area (Å²) in [7, 11) is 1.99. The third-order valence-corrected chi connectivity index (χ3v) is 3.15. The van der Waals surface area contributed by atoms with Crippen molar-refractivity contribution < 1.29 is 0 Å². The summed E-state index contributed by atoms with van der Waals surface area (Å²) >= 11 is 0. The summed E-state index contributed by atoms with van der Waals surface area (Å²) in [4.78, 5) is 0. The maximum Gasteiger partial charge on any atom is 0.0537 e. The van der Waals surface area contributed by atoms with E-state index in [0.29, 0.717) is 6.04 Å². The Bertz CT molecular complexity index is 352. The Morgan fingerprint density at radius 2 is 2.47 bits per heavy atom. The van der Waals surface area contributed by atoms with Crippen LogP contribution in [-0.4, -0.2) is 15.8 Å². The number of aromatic nitrogens is 2. The normalized spacial score (nSPS) is 20.8. The van der Waals surface area contributed by atoms with Crippen LogP contribution in [0.4, 0.5) is 0 Å². The minimum Gasteiger partial charge on any atom is -0.306 e. The summed E-state index contributed by atoms with van der Waals surface area (Å²) in [6, 6.07) is 0.554. The van der Waals surface area contributed by atoms with Crippen molar-refractivity contribution in [3.8, 4) is 0 Å². The third-order valence-electron chi connectivity index (χ3n) is 3.15. The topological polar surface area (TPSA) is 29.9 Å². The van der Waals surface area contributed by atoms with Gasteiger partial charge in [-0.25, -0.2) is 0 Å². The Labute approximate surface area is 91.2 Å². The van der Waals surface area contributed by atoms with Crippen LogP contribution in [0, 0.1) is 6.92 Å². The lowest BCUT2D eigenvalue weighted by Crippen LogP contribution is -2.27. The molecule has 15 heavy (non-hydrogen) atoms. The summed E-state index contributed by atoms with van der Waals surface area (Å²) < 4.78 is 1.92. The van der Waals surface area contributed by atoms with Gasteiger partial charge in [0.25, 0.3) is 0 Å². The molecule has 0 saturated heterocycles. The molecule has 1 aromatic heterocycles. The SMILES string of the molecule is Cc1c(CNC2C=CCCC2)cnn1C. The van der Waals surface area contributed by atoms with Gasteiger partial charge in [-0.3, -0.25) is 4.68 Å². The van der Waals surface area contributed by atoms with Crippen LogP contribution in [0.25, 0.3) is 0 Å². The van der Waals surface area contributed by atoms with Gasteiger partial charge in [0.05, 0.1) is 6.20 Å². The highest BCUT2D eigenvalue weighted by molar-refractivity contribution is 5.16. The molecular weight excluding hydrogens is 186 g/mol. The maximum atomic E-state index is 4.24. The minimum atomic E-state index is 0.554. The van der Waals surface area contributed by atoms with Crippen LogP contribution in [0.1, 0.15) is 30.5 Å². The monoisotopic (exact) mass is 205 g/mol. The number of allylic oxidation sites excluding steroid dienone is 1. The predicted molar refractivity (Wildman–Crippen MR) is 61.6 cm³/mol. The van der Waals surface area contributed by atoms with Gasteiger partial charge in [-0.15, -0.1) is 0 Å². The van der Waals surface area contributed by atoms with E-state index >= 15 is 0 Å². The fraction of sp³-hybridized carbons (Fsp3) is 0.583. The van der Waals surface area contributed by atoms with E-state index in [2.05, 4.69) is 29.5 Å². The number of aryl methyl sites for hydroxylation is 1. The van der Waals surface area contributed by atoms with Crippen molar-refractivity contribution in [2.24, 2.45) is 7.05 Å². The molecule has 1 aromatic rings. The molecule has 0 aliphatic heterocycles. The molecule has 0 radical (unpaired) electrons. The highest BCUT2D eigenvalue weighted by Gasteiger charge is 2.09. The summed E-state index contributed by atoms with van der Waals surface area (Å²) in [5, 5.41) is 7.79. The average molecular weight is 205 g/mol. The molecule has 0 fully saturated rings. The first-order valence-electron chi connectivity index (χ1n) is 5.65. The van der Waals surface area contributed by atoms with Crippen LogP contribution < -0.4 is 5.32 Å². The second kappa shape index (κ2) is 4.62. The van der Waals surface area contributed by atoms with Gasteiger partial charge in [-0.2, -0.15) is 5.10 Å². The first kappa shape index (κ1) is 10.4. The number of nitrogens with zero attached hydrogens (tertiary/aromatic N) is 2. The van der Waals surface area contributed by atoms with Crippen molar-refractivity contribution in [3.05, 3.63) is 29.6 Å². The zero-order chi connectivity index (χ0) is 10.7. The molecule has 1 heterocycles. The first-order valence-corrected chi connectivity index (χ1v) is 5.65. The lowest BCUT2D eigenvalue weighted by molar-refractivity contribution is 0.521. The predicted octanol–water partition coefficient (Wildman–Crippen LogP) is 1.93. The largest absolute Gasteiger partial charge is 0.306 e. The van der Waals surface area contributed by atoms with Crippen molar-refractivity contribution in [1.82, 2.24) is 15.1 Å². The van der Waals surface area contributed by atoms with E-state index in [1.54, 1.807) is 0 Å². The van der Waals surface area contributed by atoms with E-state index in [0.717, 1.165) is 6.54 Å². The number of nitrogens with one attached hydrogen (secondary N) is 1. The first-order chi connectivity index (χ1) is 7.27. The fourth-order valence-electron chi connectivity index (χ4n) is 1.94. The molecule has 2 rings (SSSR count). The molecule has 1 aliphatic carbocycles. The molecule has 1 aliphatic rings. The van der Waals surface area contributed by atoms with Gasteiger partial charge < -0.3 is 5.32 Å². The summed E-state index contributed by atoms with van der Waals surface area (Å²) in [6.07, 6.45) is 10.3. The third kappa shape index (κ3) is 2.48. The Kier molecular flexibility index (Phi) is 3.21. The maximum absolute atomic E-state index is 4.24. The van der Waals surface area contributed by atoms with Crippen molar-refractivity contribution in [2.45, 2.75) is 38.8 Å². The molecule has 82 valence electrons. The highest BCUT2D eigenvalue weighted by atomic mass is 15.3. The summed E-state index contributed by atoms with van der Waals surface area (Å²) in [5.74, 6) is 0. The van der Waals surface area contributed by atoms with Crippen LogP contribution in [0.3, 0.4) is 0 Å². The van der Waals surface area contributed by atoms with Gasteiger partial charge in [-0.1, -0.05) is 12.2 Å². The standard InChI is InChI=1S/C12H19N3/c1-10-11(9-14-15(10)2)8-13-12-6-4-3-5-7-12/h4,6,9,12-13H,3,5,7-8H2,1-2H3. The van der Waals surface area contributed by atoms with Crippen LogP contribution in [-0.2, 0) is 13.6 Å². The molecule has 0 spiro atoms. The molecular formula is C12H19N3. The van der Waals surface area contributed by atoms with Crippen molar-refractivity contribution in [3.63, 3.8) is 0 Å². The fourth-order valence-corrected chi connectivity index (χ4v) is 1.94. The van der Waals surface area contributed by atoms with E-state index < -0.39 is 0 Å². The Hall–Kier alpha value is -1.09. The van der Waals surface area contributed by atoms with Gasteiger partial charge in [0, 0.05) is 30.9 Å². The second-order valence-corrected chi connectivity index (χ2v) is 4.23. The molecule has 0 aromatic carbocycles. The van der Waals surface area contributed by atoms with E-state index in [1.807, 2.05) is 17.9 Å². The minimum absolute atomic E-state index is 0.554. The lowest BCUT2D eigenvalue weighted by atomic mass is 10.0. The zero-order valence-corrected chi connectivity index (χ0v) is 9.53. The Morgan fingerprint density at radius 3 is 3.07 bits per heavy atom.